The van der Waals surface area contributed by atoms with Crippen molar-refractivity contribution in [2.24, 2.45) is 5.73 Å². The Hall–Kier alpha value is -3.07. The quantitative estimate of drug-likeness (QED) is 0.849. The Bertz CT molecular complexity index is 710. The molecule has 1 aromatic heterocycles. The fraction of sp³-hybridized carbons (Fsp3) is 0.133. The zero-order valence-electron chi connectivity index (χ0n) is 11.6. The summed E-state index contributed by atoms with van der Waals surface area (Å²) in [6, 6.07) is 5.23. The largest absolute Gasteiger partial charge is 0.497 e. The van der Waals surface area contributed by atoms with Crippen molar-refractivity contribution in [1.29, 1.82) is 0 Å². The Kier molecular flexibility index (Phi) is 4.36. The smallest absolute Gasteiger partial charge is 0.270 e. The number of primary amides is 1. The lowest BCUT2D eigenvalue weighted by Crippen LogP contribution is -2.15. The monoisotopic (exact) mass is 283 g/mol. The van der Waals surface area contributed by atoms with Crippen LogP contribution >= 0.6 is 0 Å². The van der Waals surface area contributed by atoms with Crippen LogP contribution in [0.15, 0.2) is 30.6 Å². The number of benzene rings is 1. The fourth-order valence-electron chi connectivity index (χ4n) is 1.62. The second-order valence-corrected chi connectivity index (χ2v) is 3.97. The summed E-state index contributed by atoms with van der Waals surface area (Å²) in [5.41, 5.74) is 6.16. The average molecular weight is 283 g/mol. The Labute approximate surface area is 121 Å². The Morgan fingerprint density at radius 3 is 2.24 bits per heavy atom. The number of carbonyl (C=O) groups is 1. The van der Waals surface area contributed by atoms with Crippen LogP contribution in [0, 0.1) is 11.8 Å². The molecule has 1 aromatic carbocycles. The third-order valence-electron chi connectivity index (χ3n) is 2.61. The van der Waals surface area contributed by atoms with Gasteiger partial charge in [0.05, 0.1) is 14.2 Å². The number of aromatic nitrogens is 2. The maximum atomic E-state index is 11.2. The van der Waals surface area contributed by atoms with E-state index in [9.17, 15) is 4.79 Å². The summed E-state index contributed by atoms with van der Waals surface area (Å²) in [5, 5.41) is 0. The first-order valence-corrected chi connectivity index (χ1v) is 6.00. The number of carbonyl (C=O) groups excluding carboxylic acids is 1. The topological polar surface area (TPSA) is 87.3 Å². The third-order valence-corrected chi connectivity index (χ3v) is 2.61. The standard InChI is InChI=1S/C15H13N3O3/c1-20-11-7-10(8-12(9-11)21-2)3-4-13-14(15(16)19)18-6-5-17-13/h5-9H,1-2H3,(H2,16,19). The molecule has 0 atom stereocenters. The highest BCUT2D eigenvalue weighted by molar-refractivity contribution is 5.92. The second kappa shape index (κ2) is 6.39. The Morgan fingerprint density at radius 1 is 1.05 bits per heavy atom. The molecule has 0 aliphatic carbocycles. The van der Waals surface area contributed by atoms with Gasteiger partial charge in [-0.1, -0.05) is 5.92 Å². The van der Waals surface area contributed by atoms with Crippen LogP contribution in [-0.2, 0) is 0 Å². The van der Waals surface area contributed by atoms with E-state index in [0.717, 1.165) is 0 Å². The maximum absolute atomic E-state index is 11.2. The van der Waals surface area contributed by atoms with Crippen molar-refractivity contribution < 1.29 is 14.3 Å². The highest BCUT2D eigenvalue weighted by atomic mass is 16.5. The van der Waals surface area contributed by atoms with Gasteiger partial charge in [-0.15, -0.1) is 0 Å². The summed E-state index contributed by atoms with van der Waals surface area (Å²) in [6.07, 6.45) is 2.84. The molecule has 0 spiro atoms. The molecule has 2 N–H and O–H groups in total. The number of methoxy groups -OCH3 is 2. The SMILES string of the molecule is COc1cc(C#Cc2nccnc2C(N)=O)cc(OC)c1. The molecule has 0 saturated carbocycles. The normalized spacial score (nSPS) is 9.43. The highest BCUT2D eigenvalue weighted by Gasteiger charge is 2.08. The predicted molar refractivity (Wildman–Crippen MR) is 76.1 cm³/mol. The van der Waals surface area contributed by atoms with E-state index in [-0.39, 0.29) is 11.4 Å². The number of hydrogen-bond donors (Lipinski definition) is 1. The van der Waals surface area contributed by atoms with Crippen LogP contribution in [0.3, 0.4) is 0 Å². The van der Waals surface area contributed by atoms with Gasteiger partial charge in [-0.2, -0.15) is 0 Å². The van der Waals surface area contributed by atoms with Crippen LogP contribution in [0.4, 0.5) is 0 Å². The average Bonchev–Trinajstić information content (AvgIpc) is 2.52. The molecule has 0 unspecified atom stereocenters. The molecule has 0 aliphatic heterocycles. The molecule has 2 rings (SSSR count). The van der Waals surface area contributed by atoms with Crippen LogP contribution in [0.5, 0.6) is 11.5 Å². The van der Waals surface area contributed by atoms with Gasteiger partial charge in [0.25, 0.3) is 5.91 Å². The number of rotatable bonds is 3. The molecule has 0 aliphatic rings. The van der Waals surface area contributed by atoms with E-state index < -0.39 is 5.91 Å². The van der Waals surface area contributed by atoms with E-state index in [0.29, 0.717) is 17.1 Å². The van der Waals surface area contributed by atoms with Gasteiger partial charge in [0, 0.05) is 24.0 Å². The van der Waals surface area contributed by atoms with Gasteiger partial charge in [-0.3, -0.25) is 4.79 Å². The molecule has 6 nitrogen and oxygen atoms in total. The van der Waals surface area contributed by atoms with Gasteiger partial charge in [0.15, 0.2) is 5.69 Å². The molecule has 1 heterocycles. The summed E-state index contributed by atoms with van der Waals surface area (Å²) in [7, 11) is 3.11. The van der Waals surface area contributed by atoms with Crippen molar-refractivity contribution in [3.8, 4) is 23.3 Å². The second-order valence-electron chi connectivity index (χ2n) is 3.97. The van der Waals surface area contributed by atoms with Gasteiger partial charge in [-0.25, -0.2) is 9.97 Å². The molecule has 1 amide bonds. The van der Waals surface area contributed by atoms with Gasteiger partial charge in [0.2, 0.25) is 0 Å². The third kappa shape index (κ3) is 3.48. The molecule has 0 saturated heterocycles. The molecular formula is C15H13N3O3. The zero-order valence-corrected chi connectivity index (χ0v) is 11.6. The van der Waals surface area contributed by atoms with Crippen molar-refractivity contribution in [2.75, 3.05) is 14.2 Å². The first-order chi connectivity index (χ1) is 10.1. The first-order valence-electron chi connectivity index (χ1n) is 6.00. The van der Waals surface area contributed by atoms with Gasteiger partial charge in [0.1, 0.15) is 17.2 Å². The molecule has 0 radical (unpaired) electrons. The van der Waals surface area contributed by atoms with Crippen LogP contribution in [0.25, 0.3) is 0 Å². The van der Waals surface area contributed by atoms with Crippen molar-refractivity contribution >= 4 is 5.91 Å². The van der Waals surface area contributed by atoms with Crippen molar-refractivity contribution in [2.45, 2.75) is 0 Å². The minimum Gasteiger partial charge on any atom is -0.497 e. The summed E-state index contributed by atoms with van der Waals surface area (Å²) in [6.45, 7) is 0. The number of amides is 1. The van der Waals surface area contributed by atoms with Crippen LogP contribution in [0.1, 0.15) is 21.7 Å². The molecule has 106 valence electrons. The van der Waals surface area contributed by atoms with E-state index in [1.54, 1.807) is 32.4 Å². The van der Waals surface area contributed by atoms with Crippen LogP contribution in [-0.4, -0.2) is 30.1 Å². The lowest BCUT2D eigenvalue weighted by molar-refractivity contribution is 0.0995. The summed E-state index contributed by atoms with van der Waals surface area (Å²) < 4.78 is 10.3. The minimum absolute atomic E-state index is 0.0415. The van der Waals surface area contributed by atoms with E-state index in [2.05, 4.69) is 21.8 Å². The van der Waals surface area contributed by atoms with E-state index in [1.165, 1.54) is 12.4 Å². The van der Waals surface area contributed by atoms with Crippen LogP contribution in [0.2, 0.25) is 0 Å². The van der Waals surface area contributed by atoms with Crippen molar-refractivity contribution in [1.82, 2.24) is 9.97 Å². The summed E-state index contributed by atoms with van der Waals surface area (Å²) in [4.78, 5) is 19.1. The minimum atomic E-state index is -0.671. The van der Waals surface area contributed by atoms with E-state index >= 15 is 0 Å². The molecule has 0 fully saturated rings. The van der Waals surface area contributed by atoms with Crippen molar-refractivity contribution in [3.05, 3.63) is 47.5 Å². The molecule has 21 heavy (non-hydrogen) atoms. The van der Waals surface area contributed by atoms with Crippen molar-refractivity contribution in [3.63, 3.8) is 0 Å². The van der Waals surface area contributed by atoms with Crippen LogP contribution < -0.4 is 15.2 Å². The molecule has 2 aromatic rings. The number of ether oxygens (including phenoxy) is 2. The van der Waals surface area contributed by atoms with Gasteiger partial charge < -0.3 is 15.2 Å². The summed E-state index contributed by atoms with van der Waals surface area (Å²) in [5.74, 6) is 6.23. The Morgan fingerprint density at radius 2 is 1.67 bits per heavy atom. The van der Waals surface area contributed by atoms with E-state index in [1.807, 2.05) is 0 Å². The number of nitrogens with zero attached hydrogens (tertiary/aromatic N) is 2. The Balaban J connectivity index is 2.42. The number of nitrogens with two attached hydrogens (primary N) is 1. The summed E-state index contributed by atoms with van der Waals surface area (Å²) >= 11 is 0. The number of hydrogen-bond acceptors (Lipinski definition) is 5. The zero-order chi connectivity index (χ0) is 15.2. The van der Waals surface area contributed by atoms with E-state index in [4.69, 9.17) is 15.2 Å². The molecule has 0 bridgehead atoms. The lowest BCUT2D eigenvalue weighted by Gasteiger charge is -2.04. The molecular weight excluding hydrogens is 270 g/mol. The molecule has 6 heteroatoms. The lowest BCUT2D eigenvalue weighted by atomic mass is 10.2. The maximum Gasteiger partial charge on any atom is 0.270 e. The van der Waals surface area contributed by atoms with Gasteiger partial charge >= 0.3 is 0 Å². The predicted octanol–water partition coefficient (Wildman–Crippen LogP) is 0.992. The highest BCUT2D eigenvalue weighted by Crippen LogP contribution is 2.21. The first kappa shape index (κ1) is 14.3. The fourth-order valence-corrected chi connectivity index (χ4v) is 1.62. The van der Waals surface area contributed by atoms with Gasteiger partial charge in [-0.05, 0) is 18.1 Å².